The molecule has 0 amide bonds. The molecule has 0 bridgehead atoms. The molecule has 0 aromatic heterocycles. The van der Waals surface area contributed by atoms with E-state index in [0.29, 0.717) is 0 Å². The second kappa shape index (κ2) is 9.55. The van der Waals surface area contributed by atoms with E-state index in [0.717, 1.165) is 11.8 Å². The summed E-state index contributed by atoms with van der Waals surface area (Å²) in [5.74, 6) is 1.85. The largest absolute Gasteiger partial charge is 0.0654 e. The molecule has 0 saturated heterocycles. The highest BCUT2D eigenvalue weighted by Crippen LogP contribution is 2.18. The molecule has 0 heterocycles. The Balaban J connectivity index is 3.15. The molecule has 0 aliphatic rings. The first-order valence-corrected chi connectivity index (χ1v) is 6.66. The van der Waals surface area contributed by atoms with Crippen LogP contribution in [-0.4, -0.2) is 0 Å². The van der Waals surface area contributed by atoms with Crippen LogP contribution in [0, 0.1) is 11.8 Å². The van der Waals surface area contributed by atoms with E-state index in [4.69, 9.17) is 0 Å². The lowest BCUT2D eigenvalue weighted by molar-refractivity contribution is 0.420. The number of rotatable bonds is 9. The second-order valence-corrected chi connectivity index (χ2v) is 5.28. The third-order valence-electron chi connectivity index (χ3n) is 3.03. The standard InChI is InChI=1S/C14H30/c1-5-6-7-8-11-14(4)12-9-10-13(2)3/h13-14H,5-12H2,1-4H3/t14-/m0/s1. The predicted octanol–water partition coefficient (Wildman–Crippen LogP) is 5.42. The summed E-state index contributed by atoms with van der Waals surface area (Å²) in [5.41, 5.74) is 0. The van der Waals surface area contributed by atoms with Crippen LogP contribution in [0.2, 0.25) is 0 Å². The van der Waals surface area contributed by atoms with Gasteiger partial charge in [0.15, 0.2) is 0 Å². The molecule has 0 aliphatic carbocycles. The molecule has 0 saturated carbocycles. The van der Waals surface area contributed by atoms with Crippen molar-refractivity contribution in [2.24, 2.45) is 11.8 Å². The number of unbranched alkanes of at least 4 members (excludes halogenated alkanes) is 3. The summed E-state index contributed by atoms with van der Waals surface area (Å²) in [5, 5.41) is 0. The Morgan fingerprint density at radius 3 is 1.93 bits per heavy atom. The summed E-state index contributed by atoms with van der Waals surface area (Å²) in [7, 11) is 0. The Labute approximate surface area is 91.5 Å². The van der Waals surface area contributed by atoms with Gasteiger partial charge in [-0.05, 0) is 11.8 Å². The quantitative estimate of drug-likeness (QED) is 0.434. The first kappa shape index (κ1) is 14.0. The molecule has 0 rings (SSSR count). The van der Waals surface area contributed by atoms with Gasteiger partial charge in [-0.25, -0.2) is 0 Å². The maximum absolute atomic E-state index is 2.42. The van der Waals surface area contributed by atoms with Gasteiger partial charge < -0.3 is 0 Å². The fraction of sp³-hybridized carbons (Fsp3) is 1.00. The van der Waals surface area contributed by atoms with E-state index in [2.05, 4.69) is 27.7 Å². The van der Waals surface area contributed by atoms with Crippen LogP contribution in [0.15, 0.2) is 0 Å². The van der Waals surface area contributed by atoms with Gasteiger partial charge in [-0.3, -0.25) is 0 Å². The van der Waals surface area contributed by atoms with Crippen molar-refractivity contribution >= 4 is 0 Å². The lowest BCUT2D eigenvalue weighted by Gasteiger charge is -2.11. The first-order chi connectivity index (χ1) is 6.66. The third kappa shape index (κ3) is 10.1. The van der Waals surface area contributed by atoms with Gasteiger partial charge in [0, 0.05) is 0 Å². The lowest BCUT2D eigenvalue weighted by Crippen LogP contribution is -1.96. The third-order valence-corrected chi connectivity index (χ3v) is 3.03. The maximum Gasteiger partial charge on any atom is -0.0443 e. The minimum Gasteiger partial charge on any atom is -0.0654 e. The molecule has 0 heteroatoms. The van der Waals surface area contributed by atoms with Gasteiger partial charge in [-0.15, -0.1) is 0 Å². The average Bonchev–Trinajstić information content (AvgIpc) is 2.12. The van der Waals surface area contributed by atoms with E-state index in [-0.39, 0.29) is 0 Å². The van der Waals surface area contributed by atoms with Crippen LogP contribution in [0.5, 0.6) is 0 Å². The van der Waals surface area contributed by atoms with E-state index in [1.807, 2.05) is 0 Å². The zero-order chi connectivity index (χ0) is 10.8. The Morgan fingerprint density at radius 1 is 0.714 bits per heavy atom. The molecule has 0 N–H and O–H groups in total. The smallest absolute Gasteiger partial charge is 0.0443 e. The Hall–Kier alpha value is 0. The molecule has 0 nitrogen and oxygen atoms in total. The molecule has 0 aromatic carbocycles. The number of hydrogen-bond donors (Lipinski definition) is 0. The van der Waals surface area contributed by atoms with E-state index >= 15 is 0 Å². The van der Waals surface area contributed by atoms with E-state index in [1.54, 1.807) is 0 Å². The number of hydrogen-bond acceptors (Lipinski definition) is 0. The van der Waals surface area contributed by atoms with Crippen molar-refractivity contribution < 1.29 is 0 Å². The average molecular weight is 198 g/mol. The molecule has 0 unspecified atom stereocenters. The summed E-state index contributed by atoms with van der Waals surface area (Å²) >= 11 is 0. The molecule has 0 spiro atoms. The zero-order valence-corrected chi connectivity index (χ0v) is 10.8. The van der Waals surface area contributed by atoms with Crippen molar-refractivity contribution in [1.82, 2.24) is 0 Å². The molecular formula is C14H30. The van der Waals surface area contributed by atoms with Crippen LogP contribution in [-0.2, 0) is 0 Å². The molecule has 0 aromatic rings. The minimum absolute atomic E-state index is 0.891. The molecule has 0 aliphatic heterocycles. The van der Waals surface area contributed by atoms with Gasteiger partial charge in [-0.2, -0.15) is 0 Å². The monoisotopic (exact) mass is 198 g/mol. The highest BCUT2D eigenvalue weighted by atomic mass is 14.1. The Bertz CT molecular complexity index is 105. The predicted molar refractivity (Wildman–Crippen MR) is 66.6 cm³/mol. The van der Waals surface area contributed by atoms with Crippen molar-refractivity contribution in [2.45, 2.75) is 79.1 Å². The van der Waals surface area contributed by atoms with Gasteiger partial charge >= 0.3 is 0 Å². The van der Waals surface area contributed by atoms with Crippen LogP contribution < -0.4 is 0 Å². The van der Waals surface area contributed by atoms with Gasteiger partial charge in [0.2, 0.25) is 0 Å². The van der Waals surface area contributed by atoms with E-state index in [9.17, 15) is 0 Å². The molecule has 14 heavy (non-hydrogen) atoms. The summed E-state index contributed by atoms with van der Waals surface area (Å²) in [4.78, 5) is 0. The molecule has 0 fully saturated rings. The van der Waals surface area contributed by atoms with Crippen molar-refractivity contribution in [3.8, 4) is 0 Å². The Morgan fingerprint density at radius 2 is 1.36 bits per heavy atom. The van der Waals surface area contributed by atoms with Gasteiger partial charge in [-0.1, -0.05) is 79.1 Å². The molecule has 1 atom stereocenters. The fourth-order valence-corrected chi connectivity index (χ4v) is 1.94. The van der Waals surface area contributed by atoms with Crippen molar-refractivity contribution in [1.29, 1.82) is 0 Å². The summed E-state index contributed by atoms with van der Waals surface area (Å²) in [6, 6.07) is 0. The van der Waals surface area contributed by atoms with E-state index < -0.39 is 0 Å². The SMILES string of the molecule is CCCCCC[C@H](C)CCCC(C)C. The Kier molecular flexibility index (Phi) is 9.55. The van der Waals surface area contributed by atoms with Gasteiger partial charge in [0.05, 0.1) is 0 Å². The molecule has 86 valence electrons. The summed E-state index contributed by atoms with van der Waals surface area (Å²) in [6.45, 7) is 9.36. The minimum atomic E-state index is 0.891. The summed E-state index contributed by atoms with van der Waals surface area (Å²) < 4.78 is 0. The normalized spacial score (nSPS) is 13.5. The van der Waals surface area contributed by atoms with E-state index in [1.165, 1.54) is 51.4 Å². The van der Waals surface area contributed by atoms with Crippen molar-refractivity contribution in [3.63, 3.8) is 0 Å². The van der Waals surface area contributed by atoms with Gasteiger partial charge in [0.1, 0.15) is 0 Å². The van der Waals surface area contributed by atoms with Crippen LogP contribution >= 0.6 is 0 Å². The second-order valence-electron chi connectivity index (χ2n) is 5.28. The zero-order valence-electron chi connectivity index (χ0n) is 10.8. The van der Waals surface area contributed by atoms with Crippen LogP contribution in [0.3, 0.4) is 0 Å². The topological polar surface area (TPSA) is 0 Å². The fourth-order valence-electron chi connectivity index (χ4n) is 1.94. The summed E-state index contributed by atoms with van der Waals surface area (Å²) in [6.07, 6.45) is 11.5. The molecular weight excluding hydrogens is 168 g/mol. The maximum atomic E-state index is 2.42. The van der Waals surface area contributed by atoms with Crippen molar-refractivity contribution in [3.05, 3.63) is 0 Å². The van der Waals surface area contributed by atoms with Crippen LogP contribution in [0.4, 0.5) is 0 Å². The van der Waals surface area contributed by atoms with Crippen molar-refractivity contribution in [2.75, 3.05) is 0 Å². The highest BCUT2D eigenvalue weighted by molar-refractivity contribution is 4.55. The first-order valence-electron chi connectivity index (χ1n) is 6.66. The highest BCUT2D eigenvalue weighted by Gasteiger charge is 2.02. The van der Waals surface area contributed by atoms with Crippen LogP contribution in [0.1, 0.15) is 79.1 Å². The van der Waals surface area contributed by atoms with Crippen LogP contribution in [0.25, 0.3) is 0 Å². The lowest BCUT2D eigenvalue weighted by atomic mass is 9.95. The van der Waals surface area contributed by atoms with Gasteiger partial charge in [0.25, 0.3) is 0 Å². The molecule has 0 radical (unpaired) electrons.